The van der Waals surface area contributed by atoms with Gasteiger partial charge in [-0.3, -0.25) is 4.98 Å². The first-order valence-electron chi connectivity index (χ1n) is 14.1. The summed E-state index contributed by atoms with van der Waals surface area (Å²) in [5.41, 5.74) is 4.16. The van der Waals surface area contributed by atoms with E-state index in [-0.39, 0.29) is 6.61 Å². The molecule has 4 heterocycles. The van der Waals surface area contributed by atoms with E-state index < -0.39 is 25.0 Å². The normalized spacial score (nSPS) is 13.6. The van der Waals surface area contributed by atoms with E-state index in [4.69, 9.17) is 9.72 Å². The van der Waals surface area contributed by atoms with E-state index in [1.165, 1.54) is 5.56 Å². The second-order valence-electron chi connectivity index (χ2n) is 10.1. The highest BCUT2D eigenvalue weighted by molar-refractivity contribution is 5.77. The highest BCUT2D eigenvalue weighted by Crippen LogP contribution is 2.22. The van der Waals surface area contributed by atoms with Crippen molar-refractivity contribution in [1.82, 2.24) is 19.9 Å². The van der Waals surface area contributed by atoms with Gasteiger partial charge in [-0.05, 0) is 92.1 Å². The number of fused-ring (bicyclic) bond motifs is 1. The number of ether oxygens (including phenoxy) is 1. The molecule has 11 heteroatoms. The van der Waals surface area contributed by atoms with Crippen molar-refractivity contribution >= 4 is 17.6 Å². The highest BCUT2D eigenvalue weighted by atomic mass is 19.3. The monoisotopic (exact) mass is 568 g/mol. The summed E-state index contributed by atoms with van der Waals surface area (Å²) in [7, 11) is 0. The van der Waals surface area contributed by atoms with Crippen LogP contribution in [0, 0.1) is 0 Å². The molecular formula is C30H38F2N6O3. The summed E-state index contributed by atoms with van der Waals surface area (Å²) in [6, 6.07) is 10.8. The van der Waals surface area contributed by atoms with Crippen molar-refractivity contribution in [3.63, 3.8) is 0 Å². The number of aromatic nitrogens is 3. The predicted molar refractivity (Wildman–Crippen MR) is 154 cm³/mol. The van der Waals surface area contributed by atoms with E-state index >= 15 is 0 Å². The Morgan fingerprint density at radius 3 is 2.71 bits per heavy atom. The van der Waals surface area contributed by atoms with Gasteiger partial charge in [-0.2, -0.15) is 0 Å². The Labute approximate surface area is 239 Å². The number of rotatable bonds is 17. The molecule has 0 bridgehead atoms. The molecule has 3 N–H and O–H groups in total. The quantitative estimate of drug-likeness (QED) is 0.199. The van der Waals surface area contributed by atoms with E-state index in [0.29, 0.717) is 31.9 Å². The van der Waals surface area contributed by atoms with Gasteiger partial charge in [-0.15, -0.1) is 0 Å². The lowest BCUT2D eigenvalue weighted by molar-refractivity contribution is -0.138. The second-order valence-corrected chi connectivity index (χ2v) is 10.1. The molecule has 1 aliphatic heterocycles. The number of alkyl halides is 2. The number of hydrogen-bond donors (Lipinski definition) is 3. The first-order chi connectivity index (χ1) is 20.0. The van der Waals surface area contributed by atoms with Crippen molar-refractivity contribution in [2.75, 3.05) is 50.0 Å². The van der Waals surface area contributed by atoms with Crippen LogP contribution in [0.1, 0.15) is 36.9 Å². The Morgan fingerprint density at radius 1 is 1.07 bits per heavy atom. The number of carboxylic acid groups (broad SMARTS) is 1. The molecule has 4 rings (SSSR count). The van der Waals surface area contributed by atoms with E-state index in [9.17, 15) is 18.7 Å². The average molecular weight is 569 g/mol. The van der Waals surface area contributed by atoms with Crippen LogP contribution in [-0.2, 0) is 22.4 Å². The van der Waals surface area contributed by atoms with Gasteiger partial charge in [0.05, 0.1) is 6.61 Å². The summed E-state index contributed by atoms with van der Waals surface area (Å²) in [6.45, 7) is 2.10. The third-order valence-electron chi connectivity index (χ3n) is 7.03. The minimum atomic E-state index is -2.52. The summed E-state index contributed by atoms with van der Waals surface area (Å²) in [5, 5.41) is 16.3. The Kier molecular flexibility index (Phi) is 11.8. The van der Waals surface area contributed by atoms with Gasteiger partial charge in [-0.1, -0.05) is 6.07 Å². The minimum Gasteiger partial charge on any atom is -0.480 e. The fraction of sp³-hybridized carbons (Fsp3) is 0.467. The summed E-state index contributed by atoms with van der Waals surface area (Å²) in [6.07, 6.45) is 7.61. The number of halogens is 2. The number of aryl methyl sites for hydroxylation is 2. The van der Waals surface area contributed by atoms with Crippen molar-refractivity contribution < 1.29 is 23.4 Å². The number of hydrogen-bond acceptors (Lipinski definition) is 8. The summed E-state index contributed by atoms with van der Waals surface area (Å²) < 4.78 is 30.2. The van der Waals surface area contributed by atoms with Crippen molar-refractivity contribution in [3.05, 3.63) is 66.2 Å². The van der Waals surface area contributed by atoms with E-state index in [0.717, 1.165) is 61.3 Å². The number of nitrogens with one attached hydrogen (secondary N) is 2. The maximum Gasteiger partial charge on any atom is 0.326 e. The SMILES string of the molecule is O=C(O)C(CCN(CCCCc1ccc2c(n1)NCCC2)CCOCC(F)F)Nc1cc(-c2ccncc2)ccn1. The molecule has 0 amide bonds. The average Bonchev–Trinajstić information content (AvgIpc) is 2.99. The highest BCUT2D eigenvalue weighted by Gasteiger charge is 2.20. The molecule has 220 valence electrons. The number of anilines is 2. The number of unbranched alkanes of at least 4 members (excludes halogenated alkanes) is 1. The molecule has 3 aromatic heterocycles. The topological polar surface area (TPSA) is 112 Å². The van der Waals surface area contributed by atoms with Gasteiger partial charge < -0.3 is 25.4 Å². The lowest BCUT2D eigenvalue weighted by Gasteiger charge is -2.24. The molecule has 0 aliphatic carbocycles. The van der Waals surface area contributed by atoms with Crippen LogP contribution >= 0.6 is 0 Å². The Hall–Kier alpha value is -3.70. The fourth-order valence-electron chi connectivity index (χ4n) is 4.83. The number of carboxylic acids is 1. The van der Waals surface area contributed by atoms with Crippen LogP contribution in [0.2, 0.25) is 0 Å². The van der Waals surface area contributed by atoms with Crippen molar-refractivity contribution in [2.24, 2.45) is 0 Å². The van der Waals surface area contributed by atoms with Crippen LogP contribution in [-0.4, -0.2) is 82.8 Å². The fourth-order valence-corrected chi connectivity index (χ4v) is 4.83. The van der Waals surface area contributed by atoms with E-state index in [2.05, 4.69) is 37.6 Å². The van der Waals surface area contributed by atoms with Gasteiger partial charge in [0.2, 0.25) is 0 Å². The Bertz CT molecular complexity index is 1230. The predicted octanol–water partition coefficient (Wildman–Crippen LogP) is 4.76. The number of nitrogens with zero attached hydrogens (tertiary/aromatic N) is 4. The second kappa shape index (κ2) is 15.9. The molecule has 3 aromatic rings. The first kappa shape index (κ1) is 30.3. The van der Waals surface area contributed by atoms with Crippen LogP contribution in [0.25, 0.3) is 11.1 Å². The van der Waals surface area contributed by atoms with Crippen molar-refractivity contribution in [2.45, 2.75) is 51.0 Å². The molecule has 1 atom stereocenters. The van der Waals surface area contributed by atoms with Gasteiger partial charge >= 0.3 is 5.97 Å². The lowest BCUT2D eigenvalue weighted by atomic mass is 10.1. The molecule has 0 spiro atoms. The zero-order valence-corrected chi connectivity index (χ0v) is 23.1. The number of aliphatic carboxylic acids is 1. The van der Waals surface area contributed by atoms with Crippen LogP contribution in [0.15, 0.2) is 55.0 Å². The van der Waals surface area contributed by atoms with Gasteiger partial charge in [0.1, 0.15) is 24.3 Å². The third kappa shape index (κ3) is 10.0. The lowest BCUT2D eigenvalue weighted by Crippen LogP contribution is -2.37. The molecule has 0 saturated heterocycles. The van der Waals surface area contributed by atoms with Gasteiger partial charge in [-0.25, -0.2) is 23.5 Å². The third-order valence-corrected chi connectivity index (χ3v) is 7.03. The molecule has 1 unspecified atom stereocenters. The van der Waals surface area contributed by atoms with Crippen LogP contribution in [0.5, 0.6) is 0 Å². The van der Waals surface area contributed by atoms with E-state index in [1.54, 1.807) is 18.6 Å². The molecule has 9 nitrogen and oxygen atoms in total. The minimum absolute atomic E-state index is 0.156. The Balaban J connectivity index is 1.30. The molecular weight excluding hydrogens is 530 g/mol. The van der Waals surface area contributed by atoms with Crippen LogP contribution in [0.4, 0.5) is 20.4 Å². The van der Waals surface area contributed by atoms with Crippen molar-refractivity contribution in [1.29, 1.82) is 0 Å². The van der Waals surface area contributed by atoms with E-state index in [1.807, 2.05) is 24.3 Å². The molecule has 1 aliphatic rings. The maximum absolute atomic E-state index is 12.5. The van der Waals surface area contributed by atoms with Gasteiger partial charge in [0.25, 0.3) is 6.43 Å². The standard InChI is InChI=1S/C30H38F2N6O3/c31-27(32)21-41-19-18-38(16-2-1-5-25-7-6-23-4-3-12-35-29(23)36-25)17-11-26(30(39)40)37-28-20-24(10-15-34-28)22-8-13-33-14-9-22/h6-10,13-15,20,26-27H,1-5,11-12,16-19,21H2,(H,34,37)(H,35,36)(H,39,40). The number of carbonyl (C=O) groups is 1. The molecule has 41 heavy (non-hydrogen) atoms. The molecule has 0 saturated carbocycles. The largest absolute Gasteiger partial charge is 0.480 e. The number of pyridine rings is 3. The van der Waals surface area contributed by atoms with Crippen LogP contribution < -0.4 is 10.6 Å². The molecule has 0 radical (unpaired) electrons. The summed E-state index contributed by atoms with van der Waals surface area (Å²) >= 11 is 0. The Morgan fingerprint density at radius 2 is 1.90 bits per heavy atom. The smallest absolute Gasteiger partial charge is 0.326 e. The summed E-state index contributed by atoms with van der Waals surface area (Å²) in [5.74, 6) is 0.465. The zero-order valence-electron chi connectivity index (χ0n) is 23.1. The first-order valence-corrected chi connectivity index (χ1v) is 14.1. The molecule has 0 fully saturated rings. The maximum atomic E-state index is 12.5. The van der Waals surface area contributed by atoms with Crippen LogP contribution in [0.3, 0.4) is 0 Å². The molecule has 0 aromatic carbocycles. The van der Waals surface area contributed by atoms with Crippen molar-refractivity contribution in [3.8, 4) is 11.1 Å². The van der Waals surface area contributed by atoms with Gasteiger partial charge in [0.15, 0.2) is 0 Å². The zero-order chi connectivity index (χ0) is 28.9. The summed E-state index contributed by atoms with van der Waals surface area (Å²) in [4.78, 5) is 27.3. The van der Waals surface area contributed by atoms with Gasteiger partial charge in [0, 0.05) is 43.9 Å².